The lowest BCUT2D eigenvalue weighted by Crippen LogP contribution is -2.29. The second-order valence-electron chi connectivity index (χ2n) is 5.24. The number of nitrogens with one attached hydrogen (secondary N) is 2. The van der Waals surface area contributed by atoms with Crippen LogP contribution < -0.4 is 16.6 Å². The zero-order valence-electron chi connectivity index (χ0n) is 12.8. The summed E-state index contributed by atoms with van der Waals surface area (Å²) in [6, 6.07) is 9.35. The number of aryl methyl sites for hydroxylation is 1. The highest BCUT2D eigenvalue weighted by Crippen LogP contribution is 2.17. The molecule has 0 unspecified atom stereocenters. The van der Waals surface area contributed by atoms with E-state index in [-0.39, 0.29) is 23.7 Å². The number of aliphatic carboxylic acids is 1. The lowest BCUT2D eigenvalue weighted by Gasteiger charge is -2.09. The maximum Gasteiger partial charge on any atom is 0.329 e. The largest absolute Gasteiger partial charge is 0.480 e. The molecule has 9 heteroatoms. The molecular weight excluding hydrogens is 314 g/mol. The third-order valence-electron chi connectivity index (χ3n) is 3.59. The van der Waals surface area contributed by atoms with Crippen LogP contribution in [0.4, 0.5) is 5.95 Å². The Morgan fingerprint density at radius 3 is 2.67 bits per heavy atom. The van der Waals surface area contributed by atoms with Gasteiger partial charge < -0.3 is 10.4 Å². The van der Waals surface area contributed by atoms with Crippen molar-refractivity contribution in [3.63, 3.8) is 0 Å². The zero-order chi connectivity index (χ0) is 17.3. The van der Waals surface area contributed by atoms with E-state index >= 15 is 0 Å². The Morgan fingerprint density at radius 1 is 1.29 bits per heavy atom. The van der Waals surface area contributed by atoms with Crippen molar-refractivity contribution in [3.8, 4) is 0 Å². The van der Waals surface area contributed by atoms with Crippen LogP contribution in [0.2, 0.25) is 0 Å². The first kappa shape index (κ1) is 15.5. The average molecular weight is 329 g/mol. The summed E-state index contributed by atoms with van der Waals surface area (Å²) in [4.78, 5) is 41.3. The Hall–Kier alpha value is -3.36. The van der Waals surface area contributed by atoms with E-state index in [9.17, 15) is 14.4 Å². The Bertz CT molecular complexity index is 1020. The zero-order valence-corrected chi connectivity index (χ0v) is 12.8. The highest BCUT2D eigenvalue weighted by atomic mass is 16.4. The number of carbonyl (C=O) groups is 1. The van der Waals surface area contributed by atoms with Crippen molar-refractivity contribution in [2.45, 2.75) is 6.54 Å². The summed E-state index contributed by atoms with van der Waals surface area (Å²) in [5.41, 5.74) is 0.145. The third kappa shape index (κ3) is 2.78. The number of hydrogen-bond donors (Lipinski definition) is 3. The molecule has 3 aromatic rings. The molecule has 3 N–H and O–H groups in total. The number of aromatic amines is 1. The van der Waals surface area contributed by atoms with Crippen LogP contribution in [0.15, 0.2) is 39.9 Å². The Labute approximate surface area is 135 Å². The lowest BCUT2D eigenvalue weighted by molar-refractivity contribution is -0.134. The number of benzene rings is 1. The molecule has 0 radical (unpaired) electrons. The topological polar surface area (TPSA) is 122 Å². The number of carboxylic acids is 1. The van der Waals surface area contributed by atoms with Gasteiger partial charge in [0, 0.05) is 7.05 Å². The van der Waals surface area contributed by atoms with Crippen molar-refractivity contribution < 1.29 is 9.90 Å². The molecule has 0 aliphatic rings. The molecule has 0 amide bonds. The molecule has 124 valence electrons. The third-order valence-corrected chi connectivity index (χ3v) is 3.59. The first-order valence-corrected chi connectivity index (χ1v) is 7.16. The van der Waals surface area contributed by atoms with Crippen LogP contribution in [0, 0.1) is 0 Å². The number of aromatic nitrogens is 4. The van der Waals surface area contributed by atoms with E-state index < -0.39 is 17.2 Å². The second-order valence-corrected chi connectivity index (χ2v) is 5.24. The monoisotopic (exact) mass is 329 g/mol. The van der Waals surface area contributed by atoms with Gasteiger partial charge in [-0.05, 0) is 5.56 Å². The quantitative estimate of drug-likeness (QED) is 0.604. The second kappa shape index (κ2) is 6.03. The van der Waals surface area contributed by atoms with E-state index in [4.69, 9.17) is 5.11 Å². The van der Waals surface area contributed by atoms with Gasteiger partial charge in [0.1, 0.15) is 6.54 Å². The van der Waals surface area contributed by atoms with Crippen LogP contribution in [0.3, 0.4) is 0 Å². The van der Waals surface area contributed by atoms with Gasteiger partial charge in [-0.15, -0.1) is 0 Å². The minimum absolute atomic E-state index is 0.188. The first-order valence-electron chi connectivity index (χ1n) is 7.16. The normalized spacial score (nSPS) is 10.9. The van der Waals surface area contributed by atoms with Crippen molar-refractivity contribution >= 4 is 23.1 Å². The highest BCUT2D eigenvalue weighted by Gasteiger charge is 2.17. The predicted octanol–water partition coefficient (Wildman–Crippen LogP) is -0.0319. The van der Waals surface area contributed by atoms with E-state index in [1.54, 1.807) is 4.57 Å². The molecule has 0 atom stereocenters. The number of hydrogen-bond acceptors (Lipinski definition) is 5. The van der Waals surface area contributed by atoms with Gasteiger partial charge in [0.05, 0.1) is 6.54 Å². The van der Waals surface area contributed by atoms with E-state index in [1.165, 1.54) is 11.6 Å². The van der Waals surface area contributed by atoms with E-state index in [1.807, 2.05) is 30.3 Å². The molecule has 0 saturated carbocycles. The summed E-state index contributed by atoms with van der Waals surface area (Å²) >= 11 is 0. The smallest absolute Gasteiger partial charge is 0.329 e. The van der Waals surface area contributed by atoms with Crippen LogP contribution in [0.5, 0.6) is 0 Å². The van der Waals surface area contributed by atoms with Gasteiger partial charge in [0.15, 0.2) is 11.2 Å². The predicted molar refractivity (Wildman–Crippen MR) is 87.3 cm³/mol. The van der Waals surface area contributed by atoms with Crippen molar-refractivity contribution in [3.05, 3.63) is 56.7 Å². The number of fused-ring (bicyclic) bond motifs is 1. The summed E-state index contributed by atoms with van der Waals surface area (Å²) in [7, 11) is 1.49. The van der Waals surface area contributed by atoms with Gasteiger partial charge in [-0.1, -0.05) is 30.3 Å². The molecule has 0 aliphatic carbocycles. The van der Waals surface area contributed by atoms with Gasteiger partial charge in [-0.2, -0.15) is 4.98 Å². The van der Waals surface area contributed by atoms with Crippen molar-refractivity contribution in [1.82, 2.24) is 19.1 Å². The standard InChI is InChI=1S/C15H15N5O4/c1-19-12-11(13(23)18-15(19)24)20(8-9-5-3-2-4-6-9)14(17-12)16-7-10(21)22/h2-6H,7-8H2,1H3,(H,16,17)(H,21,22)(H,18,23,24). The maximum atomic E-state index is 12.2. The molecule has 9 nitrogen and oxygen atoms in total. The number of carboxylic acid groups (broad SMARTS) is 1. The minimum Gasteiger partial charge on any atom is -0.480 e. The van der Waals surface area contributed by atoms with Gasteiger partial charge in [0.2, 0.25) is 5.95 Å². The molecule has 3 rings (SSSR count). The molecule has 1 aromatic carbocycles. The number of H-pyrrole nitrogens is 1. The fraction of sp³-hybridized carbons (Fsp3) is 0.200. The summed E-state index contributed by atoms with van der Waals surface area (Å²) in [5, 5.41) is 11.5. The van der Waals surface area contributed by atoms with Gasteiger partial charge in [0.25, 0.3) is 5.56 Å². The molecule has 0 aliphatic heterocycles. The Morgan fingerprint density at radius 2 is 2.00 bits per heavy atom. The SMILES string of the molecule is Cn1c(=O)[nH]c(=O)c2c1nc(NCC(=O)O)n2Cc1ccccc1. The lowest BCUT2D eigenvalue weighted by atomic mass is 10.2. The van der Waals surface area contributed by atoms with Gasteiger partial charge >= 0.3 is 11.7 Å². The van der Waals surface area contributed by atoms with E-state index in [0.29, 0.717) is 6.54 Å². The summed E-state index contributed by atoms with van der Waals surface area (Å²) in [6.07, 6.45) is 0. The van der Waals surface area contributed by atoms with Crippen LogP contribution in [0.1, 0.15) is 5.56 Å². The molecular formula is C15H15N5O4. The van der Waals surface area contributed by atoms with E-state index in [0.717, 1.165) is 5.56 Å². The van der Waals surface area contributed by atoms with Crippen LogP contribution in [0.25, 0.3) is 11.2 Å². The molecule has 0 spiro atoms. The Balaban J connectivity index is 2.20. The van der Waals surface area contributed by atoms with Crippen molar-refractivity contribution in [1.29, 1.82) is 0 Å². The molecule has 0 fully saturated rings. The average Bonchev–Trinajstić information content (AvgIpc) is 2.91. The molecule has 2 aromatic heterocycles. The summed E-state index contributed by atoms with van der Waals surface area (Å²) in [6.45, 7) is -0.0511. The summed E-state index contributed by atoms with van der Waals surface area (Å²) < 4.78 is 2.77. The van der Waals surface area contributed by atoms with Crippen molar-refractivity contribution in [2.75, 3.05) is 11.9 Å². The van der Waals surface area contributed by atoms with Crippen LogP contribution >= 0.6 is 0 Å². The number of imidazole rings is 1. The summed E-state index contributed by atoms with van der Waals surface area (Å²) in [5.74, 6) is -0.848. The highest BCUT2D eigenvalue weighted by molar-refractivity contribution is 5.76. The van der Waals surface area contributed by atoms with Gasteiger partial charge in [-0.25, -0.2) is 4.79 Å². The first-order chi connectivity index (χ1) is 11.5. The van der Waals surface area contributed by atoms with Crippen molar-refractivity contribution in [2.24, 2.45) is 7.05 Å². The molecule has 0 bridgehead atoms. The number of nitrogens with zero attached hydrogens (tertiary/aromatic N) is 3. The fourth-order valence-electron chi connectivity index (χ4n) is 2.44. The fourth-order valence-corrected chi connectivity index (χ4v) is 2.44. The van der Waals surface area contributed by atoms with E-state index in [2.05, 4.69) is 15.3 Å². The maximum absolute atomic E-state index is 12.2. The number of rotatable bonds is 5. The van der Waals surface area contributed by atoms with Crippen LogP contribution in [-0.2, 0) is 18.4 Å². The minimum atomic E-state index is -1.06. The molecule has 24 heavy (non-hydrogen) atoms. The number of anilines is 1. The molecule has 2 heterocycles. The van der Waals surface area contributed by atoms with Crippen LogP contribution in [-0.4, -0.2) is 36.7 Å². The molecule has 0 saturated heterocycles. The van der Waals surface area contributed by atoms with Gasteiger partial charge in [-0.3, -0.25) is 23.7 Å². The Kier molecular flexibility index (Phi) is 3.90.